The number of esters is 2. The van der Waals surface area contributed by atoms with Crippen molar-refractivity contribution in [2.45, 2.75) is 33.3 Å². The largest absolute Gasteiger partial charge is 0.496 e. The lowest BCUT2D eigenvalue weighted by atomic mass is 10.0. The lowest BCUT2D eigenvalue weighted by molar-refractivity contribution is -0.148. The molecule has 0 heterocycles. The first-order chi connectivity index (χ1) is 10.2. The Morgan fingerprint density at radius 2 is 1.77 bits per heavy atom. The molecule has 0 unspecified atom stereocenters. The van der Waals surface area contributed by atoms with Crippen LogP contribution in [-0.4, -0.2) is 31.8 Å². The molecule has 120 valence electrons. The topological polar surface area (TPSA) is 61.8 Å². The zero-order valence-corrected chi connectivity index (χ0v) is 13.9. The molecule has 5 nitrogen and oxygen atoms in total. The van der Waals surface area contributed by atoms with Crippen LogP contribution in [0.3, 0.4) is 0 Å². The van der Waals surface area contributed by atoms with E-state index in [2.05, 4.69) is 0 Å². The summed E-state index contributed by atoms with van der Waals surface area (Å²) >= 11 is 0. The van der Waals surface area contributed by atoms with Gasteiger partial charge in [-0.3, -0.25) is 0 Å². The number of methoxy groups -OCH3 is 2. The van der Waals surface area contributed by atoms with E-state index < -0.39 is 17.5 Å². The Labute approximate surface area is 130 Å². The van der Waals surface area contributed by atoms with Crippen molar-refractivity contribution in [3.63, 3.8) is 0 Å². The Hall–Kier alpha value is -2.30. The Morgan fingerprint density at radius 1 is 1.14 bits per heavy atom. The third-order valence-electron chi connectivity index (χ3n) is 2.78. The van der Waals surface area contributed by atoms with Crippen LogP contribution >= 0.6 is 0 Å². The van der Waals surface area contributed by atoms with Crippen LogP contribution in [0.25, 0.3) is 6.08 Å². The molecule has 1 aromatic carbocycles. The first-order valence-corrected chi connectivity index (χ1v) is 6.86. The van der Waals surface area contributed by atoms with E-state index in [1.807, 2.05) is 6.92 Å². The summed E-state index contributed by atoms with van der Waals surface area (Å²) in [4.78, 5) is 23.3. The number of rotatable bonds is 4. The summed E-state index contributed by atoms with van der Waals surface area (Å²) < 4.78 is 15.2. The van der Waals surface area contributed by atoms with Gasteiger partial charge in [-0.05, 0) is 51.5 Å². The first kappa shape index (κ1) is 17.8. The second-order valence-electron chi connectivity index (χ2n) is 5.77. The van der Waals surface area contributed by atoms with E-state index in [9.17, 15) is 9.59 Å². The lowest BCUT2D eigenvalue weighted by Crippen LogP contribution is -2.22. The van der Waals surface area contributed by atoms with E-state index in [1.165, 1.54) is 20.3 Å². The first-order valence-electron chi connectivity index (χ1n) is 6.86. The van der Waals surface area contributed by atoms with E-state index in [4.69, 9.17) is 14.2 Å². The van der Waals surface area contributed by atoms with Crippen LogP contribution in [0.5, 0.6) is 5.75 Å². The predicted molar refractivity (Wildman–Crippen MR) is 83.9 cm³/mol. The molecule has 0 fully saturated rings. The summed E-state index contributed by atoms with van der Waals surface area (Å²) in [7, 11) is 2.82. The fourth-order valence-electron chi connectivity index (χ4n) is 1.87. The standard InChI is InChI=1S/C17H22O5/c1-11-9-12(16(19)21-6)10-14(20-5)13(11)7-8-15(18)22-17(2,3)4/h7-10H,1-6H3/b8-7+. The van der Waals surface area contributed by atoms with Crippen LogP contribution in [0.2, 0.25) is 0 Å². The molecule has 0 radical (unpaired) electrons. The van der Waals surface area contributed by atoms with Gasteiger partial charge in [-0.25, -0.2) is 9.59 Å². The van der Waals surface area contributed by atoms with E-state index in [1.54, 1.807) is 39.0 Å². The van der Waals surface area contributed by atoms with Crippen molar-refractivity contribution in [3.8, 4) is 5.75 Å². The molecule has 0 atom stereocenters. The van der Waals surface area contributed by atoms with Crippen LogP contribution < -0.4 is 4.74 Å². The Bertz CT molecular complexity index is 594. The average molecular weight is 306 g/mol. The number of ether oxygens (including phenoxy) is 3. The van der Waals surface area contributed by atoms with Crippen LogP contribution in [0, 0.1) is 6.92 Å². The molecule has 0 bridgehead atoms. The van der Waals surface area contributed by atoms with Crippen molar-refractivity contribution in [1.82, 2.24) is 0 Å². The monoisotopic (exact) mass is 306 g/mol. The van der Waals surface area contributed by atoms with E-state index >= 15 is 0 Å². The zero-order chi connectivity index (χ0) is 16.9. The molecule has 5 heteroatoms. The second-order valence-corrected chi connectivity index (χ2v) is 5.77. The Kier molecular flexibility index (Phi) is 5.74. The molecule has 0 aliphatic carbocycles. The van der Waals surface area contributed by atoms with Gasteiger partial charge in [0.1, 0.15) is 11.4 Å². The van der Waals surface area contributed by atoms with Gasteiger partial charge in [0, 0.05) is 11.6 Å². The third kappa shape index (κ3) is 4.91. The number of hydrogen-bond donors (Lipinski definition) is 0. The molecule has 0 N–H and O–H groups in total. The number of carbonyl (C=O) groups is 2. The van der Waals surface area contributed by atoms with Crippen molar-refractivity contribution >= 4 is 18.0 Å². The van der Waals surface area contributed by atoms with Gasteiger partial charge in [-0.2, -0.15) is 0 Å². The Morgan fingerprint density at radius 3 is 2.27 bits per heavy atom. The number of aryl methyl sites for hydroxylation is 1. The highest BCUT2D eigenvalue weighted by molar-refractivity contribution is 5.92. The number of hydrogen-bond acceptors (Lipinski definition) is 5. The van der Waals surface area contributed by atoms with E-state index in [0.29, 0.717) is 16.9 Å². The fourth-order valence-corrected chi connectivity index (χ4v) is 1.87. The molecule has 0 aliphatic rings. The summed E-state index contributed by atoms with van der Waals surface area (Å²) in [6, 6.07) is 3.26. The van der Waals surface area contributed by atoms with Crippen molar-refractivity contribution in [1.29, 1.82) is 0 Å². The molecule has 0 amide bonds. The number of benzene rings is 1. The summed E-state index contributed by atoms with van der Waals surface area (Å²) in [6.07, 6.45) is 2.96. The SMILES string of the molecule is COC(=O)c1cc(C)c(/C=C/C(=O)OC(C)(C)C)c(OC)c1. The van der Waals surface area contributed by atoms with Gasteiger partial charge in [-0.15, -0.1) is 0 Å². The van der Waals surface area contributed by atoms with Crippen LogP contribution in [-0.2, 0) is 14.3 Å². The Balaban J connectivity index is 3.09. The molecule has 22 heavy (non-hydrogen) atoms. The summed E-state index contributed by atoms with van der Waals surface area (Å²) in [5, 5.41) is 0. The van der Waals surface area contributed by atoms with Crippen molar-refractivity contribution in [3.05, 3.63) is 34.9 Å². The molecule has 0 aliphatic heterocycles. The average Bonchev–Trinajstić information content (AvgIpc) is 2.42. The molecule has 1 rings (SSSR count). The molecule has 0 saturated carbocycles. The van der Waals surface area contributed by atoms with Gasteiger partial charge >= 0.3 is 11.9 Å². The molecule has 0 aromatic heterocycles. The summed E-state index contributed by atoms with van der Waals surface area (Å²) in [5.41, 5.74) is 1.35. The van der Waals surface area contributed by atoms with Crippen LogP contribution in [0.1, 0.15) is 42.3 Å². The van der Waals surface area contributed by atoms with Crippen LogP contribution in [0.15, 0.2) is 18.2 Å². The van der Waals surface area contributed by atoms with E-state index in [-0.39, 0.29) is 0 Å². The smallest absolute Gasteiger partial charge is 0.337 e. The van der Waals surface area contributed by atoms with Gasteiger partial charge in [0.15, 0.2) is 0 Å². The van der Waals surface area contributed by atoms with Gasteiger partial charge in [-0.1, -0.05) is 0 Å². The van der Waals surface area contributed by atoms with Crippen LogP contribution in [0.4, 0.5) is 0 Å². The van der Waals surface area contributed by atoms with Crippen molar-refractivity contribution < 1.29 is 23.8 Å². The fraction of sp³-hybridized carbons (Fsp3) is 0.412. The van der Waals surface area contributed by atoms with Crippen molar-refractivity contribution in [2.75, 3.05) is 14.2 Å². The minimum absolute atomic E-state index is 0.395. The minimum Gasteiger partial charge on any atom is -0.496 e. The van der Waals surface area contributed by atoms with Gasteiger partial charge in [0.05, 0.1) is 19.8 Å². The highest BCUT2D eigenvalue weighted by Gasteiger charge is 2.15. The zero-order valence-electron chi connectivity index (χ0n) is 13.9. The molecule has 0 saturated heterocycles. The minimum atomic E-state index is -0.546. The maximum absolute atomic E-state index is 11.7. The van der Waals surface area contributed by atoms with Gasteiger partial charge in [0.25, 0.3) is 0 Å². The van der Waals surface area contributed by atoms with Crippen molar-refractivity contribution in [2.24, 2.45) is 0 Å². The highest BCUT2D eigenvalue weighted by atomic mass is 16.6. The molecule has 0 spiro atoms. The quantitative estimate of drug-likeness (QED) is 0.631. The second kappa shape index (κ2) is 7.11. The lowest BCUT2D eigenvalue weighted by Gasteiger charge is -2.18. The summed E-state index contributed by atoms with van der Waals surface area (Å²) in [6.45, 7) is 7.23. The highest BCUT2D eigenvalue weighted by Crippen LogP contribution is 2.26. The maximum atomic E-state index is 11.7. The molecular formula is C17H22O5. The normalized spacial score (nSPS) is 11.4. The maximum Gasteiger partial charge on any atom is 0.337 e. The van der Waals surface area contributed by atoms with Gasteiger partial charge < -0.3 is 14.2 Å². The third-order valence-corrected chi connectivity index (χ3v) is 2.78. The molecule has 1 aromatic rings. The number of carbonyl (C=O) groups excluding carboxylic acids is 2. The predicted octanol–water partition coefficient (Wildman–Crippen LogP) is 3.15. The van der Waals surface area contributed by atoms with Gasteiger partial charge in [0.2, 0.25) is 0 Å². The summed E-state index contributed by atoms with van der Waals surface area (Å²) in [5.74, 6) is -0.393. The van der Waals surface area contributed by atoms with E-state index in [0.717, 1.165) is 5.56 Å². The molecular weight excluding hydrogens is 284 g/mol.